The van der Waals surface area contributed by atoms with Crippen LogP contribution >= 0.6 is 11.6 Å². The Kier molecular flexibility index (Phi) is 3.43. The van der Waals surface area contributed by atoms with Crippen LogP contribution in [0.5, 0.6) is 0 Å². The Morgan fingerprint density at radius 2 is 2.11 bits per heavy atom. The molecule has 7 heteroatoms. The van der Waals surface area contributed by atoms with Crippen molar-refractivity contribution in [3.8, 4) is 6.07 Å². The van der Waals surface area contributed by atoms with E-state index in [1.807, 2.05) is 13.8 Å². The Morgan fingerprint density at radius 1 is 1.42 bits per heavy atom. The number of nitriles is 1. The van der Waals surface area contributed by atoms with Gasteiger partial charge < -0.3 is 10.6 Å². The third-order valence-electron chi connectivity index (χ3n) is 2.52. The summed E-state index contributed by atoms with van der Waals surface area (Å²) in [7, 11) is -3.84. The number of benzene rings is 1. The number of sulfone groups is 1. The van der Waals surface area contributed by atoms with Crippen LogP contribution in [0, 0.1) is 11.3 Å². The molecule has 1 aliphatic heterocycles. The van der Waals surface area contributed by atoms with E-state index in [0.717, 1.165) is 0 Å². The van der Waals surface area contributed by atoms with Crippen LogP contribution in [0.2, 0.25) is 5.02 Å². The number of rotatable bonds is 2. The van der Waals surface area contributed by atoms with Crippen molar-refractivity contribution in [3.63, 3.8) is 0 Å². The Balaban J connectivity index is 2.65. The van der Waals surface area contributed by atoms with E-state index in [9.17, 15) is 8.42 Å². The zero-order chi connectivity index (χ0) is 14.2. The Hall–Kier alpha value is -1.71. The maximum atomic E-state index is 12.4. The lowest BCUT2D eigenvalue weighted by atomic mass is 10.3. The van der Waals surface area contributed by atoms with Gasteiger partial charge in [0.25, 0.3) is 0 Å². The predicted octanol–water partition coefficient (Wildman–Crippen LogP) is 2.23. The largest absolute Gasteiger partial charge is 0.368 e. The average Bonchev–Trinajstić information content (AvgIpc) is 2.29. The molecule has 0 saturated heterocycles. The van der Waals surface area contributed by atoms with Crippen LogP contribution in [0.4, 0.5) is 5.69 Å². The second kappa shape index (κ2) is 4.76. The SMILES string of the molecule is CC(C)NC1=C(C#N)S(=O)(=O)c2cc(Cl)ccc2N1. The summed E-state index contributed by atoms with van der Waals surface area (Å²) in [5, 5.41) is 15.3. The summed E-state index contributed by atoms with van der Waals surface area (Å²) in [4.78, 5) is -0.304. The van der Waals surface area contributed by atoms with Crippen molar-refractivity contribution in [2.24, 2.45) is 0 Å². The molecule has 0 saturated carbocycles. The first kappa shape index (κ1) is 13.7. The second-order valence-corrected chi connectivity index (χ2v) is 6.68. The third kappa shape index (κ3) is 2.39. The Labute approximate surface area is 116 Å². The van der Waals surface area contributed by atoms with Gasteiger partial charge in [0.1, 0.15) is 11.9 Å². The molecule has 5 nitrogen and oxygen atoms in total. The number of halogens is 1. The molecule has 0 unspecified atom stereocenters. The van der Waals surface area contributed by atoms with Gasteiger partial charge in [0.05, 0.1) is 10.6 Å². The minimum atomic E-state index is -3.84. The summed E-state index contributed by atoms with van der Waals surface area (Å²) in [6, 6.07) is 6.23. The number of nitrogens with one attached hydrogen (secondary N) is 2. The zero-order valence-corrected chi connectivity index (χ0v) is 11.9. The number of anilines is 1. The van der Waals surface area contributed by atoms with Crippen LogP contribution in [0.25, 0.3) is 0 Å². The molecule has 100 valence electrons. The Morgan fingerprint density at radius 3 is 2.68 bits per heavy atom. The summed E-state index contributed by atoms with van der Waals surface area (Å²) < 4.78 is 24.7. The highest BCUT2D eigenvalue weighted by molar-refractivity contribution is 7.95. The molecule has 0 aromatic heterocycles. The standard InChI is InChI=1S/C12H12ClN3O2S/c1-7(2)15-12-11(6-14)19(17,18)10-5-8(13)3-4-9(10)16-12/h3-5,7,15-16H,1-2H3. The monoisotopic (exact) mass is 297 g/mol. The topological polar surface area (TPSA) is 82.0 Å². The minimum Gasteiger partial charge on any atom is -0.368 e. The van der Waals surface area contributed by atoms with Gasteiger partial charge in [-0.1, -0.05) is 11.6 Å². The van der Waals surface area contributed by atoms with Crippen molar-refractivity contribution in [1.82, 2.24) is 5.32 Å². The minimum absolute atomic E-state index is 0.00472. The van der Waals surface area contributed by atoms with Crippen molar-refractivity contribution in [1.29, 1.82) is 5.26 Å². The number of nitrogens with zero attached hydrogens (tertiary/aromatic N) is 1. The first-order chi connectivity index (χ1) is 8.86. The smallest absolute Gasteiger partial charge is 0.222 e. The fraction of sp³-hybridized carbons (Fsp3) is 0.250. The molecule has 1 heterocycles. The molecule has 0 fully saturated rings. The number of hydrogen-bond donors (Lipinski definition) is 2. The molecule has 1 aromatic rings. The average molecular weight is 298 g/mol. The third-order valence-corrected chi connectivity index (χ3v) is 4.51. The molecule has 2 N–H and O–H groups in total. The first-order valence-corrected chi connectivity index (χ1v) is 7.45. The lowest BCUT2D eigenvalue weighted by molar-refractivity contribution is 0.599. The molecule has 0 atom stereocenters. The van der Waals surface area contributed by atoms with Gasteiger partial charge >= 0.3 is 0 Å². The molecule has 19 heavy (non-hydrogen) atoms. The summed E-state index contributed by atoms with van der Waals surface area (Å²) in [5.41, 5.74) is 0.409. The maximum absolute atomic E-state index is 12.4. The molecule has 2 rings (SSSR count). The van der Waals surface area contributed by atoms with Gasteiger partial charge in [-0.15, -0.1) is 0 Å². The van der Waals surface area contributed by atoms with Gasteiger partial charge in [-0.2, -0.15) is 5.26 Å². The van der Waals surface area contributed by atoms with Crippen molar-refractivity contribution >= 4 is 27.1 Å². The molecule has 0 spiro atoms. The van der Waals surface area contributed by atoms with E-state index in [1.54, 1.807) is 18.2 Å². The highest BCUT2D eigenvalue weighted by atomic mass is 35.5. The van der Waals surface area contributed by atoms with Crippen molar-refractivity contribution in [2.45, 2.75) is 24.8 Å². The van der Waals surface area contributed by atoms with Crippen LogP contribution in [-0.4, -0.2) is 14.5 Å². The summed E-state index contributed by atoms with van der Waals surface area (Å²) in [6.45, 7) is 3.71. The molecule has 0 bridgehead atoms. The number of hydrogen-bond acceptors (Lipinski definition) is 5. The van der Waals surface area contributed by atoms with Gasteiger partial charge in [0, 0.05) is 11.1 Å². The van der Waals surface area contributed by atoms with Crippen LogP contribution in [0.15, 0.2) is 33.8 Å². The normalized spacial score (nSPS) is 16.6. The van der Waals surface area contributed by atoms with E-state index >= 15 is 0 Å². The van der Waals surface area contributed by atoms with E-state index < -0.39 is 9.84 Å². The first-order valence-electron chi connectivity index (χ1n) is 5.59. The van der Waals surface area contributed by atoms with Crippen molar-refractivity contribution in [3.05, 3.63) is 33.9 Å². The van der Waals surface area contributed by atoms with Crippen LogP contribution in [0.3, 0.4) is 0 Å². The van der Waals surface area contributed by atoms with Crippen molar-refractivity contribution < 1.29 is 8.42 Å². The molecule has 1 aliphatic rings. The lowest BCUT2D eigenvalue weighted by Crippen LogP contribution is -2.32. The number of allylic oxidation sites excluding steroid dienone is 1. The van der Waals surface area contributed by atoms with Gasteiger partial charge in [-0.05, 0) is 32.0 Å². The summed E-state index contributed by atoms with van der Waals surface area (Å²) in [6.07, 6.45) is 0. The lowest BCUT2D eigenvalue weighted by Gasteiger charge is -2.24. The van der Waals surface area contributed by atoms with Gasteiger partial charge in [0.15, 0.2) is 4.91 Å². The quantitative estimate of drug-likeness (QED) is 0.875. The van der Waals surface area contributed by atoms with Crippen molar-refractivity contribution in [2.75, 3.05) is 5.32 Å². The molecule has 0 amide bonds. The molecule has 0 aliphatic carbocycles. The zero-order valence-electron chi connectivity index (χ0n) is 10.4. The van der Waals surface area contributed by atoms with Gasteiger partial charge in [-0.25, -0.2) is 8.42 Å². The molecular formula is C12H12ClN3O2S. The fourth-order valence-electron chi connectivity index (χ4n) is 1.76. The van der Waals surface area contributed by atoms with Gasteiger partial charge in [0.2, 0.25) is 9.84 Å². The van der Waals surface area contributed by atoms with E-state index in [1.165, 1.54) is 6.07 Å². The van der Waals surface area contributed by atoms with E-state index in [2.05, 4.69) is 10.6 Å². The predicted molar refractivity (Wildman–Crippen MR) is 73.2 cm³/mol. The summed E-state index contributed by atoms with van der Waals surface area (Å²) >= 11 is 5.81. The van der Waals surface area contributed by atoms with E-state index in [4.69, 9.17) is 16.9 Å². The maximum Gasteiger partial charge on any atom is 0.222 e. The highest BCUT2D eigenvalue weighted by Crippen LogP contribution is 2.35. The van der Waals surface area contributed by atoms with Crippen LogP contribution in [0.1, 0.15) is 13.8 Å². The Bertz CT molecular complexity index is 702. The van der Waals surface area contributed by atoms with Crippen LogP contribution in [-0.2, 0) is 9.84 Å². The molecule has 0 radical (unpaired) electrons. The summed E-state index contributed by atoms with van der Waals surface area (Å²) in [5.74, 6) is 0.201. The molecular weight excluding hydrogens is 286 g/mol. The molecule has 1 aromatic carbocycles. The second-order valence-electron chi connectivity index (χ2n) is 4.38. The van der Waals surface area contributed by atoms with E-state index in [0.29, 0.717) is 10.7 Å². The van der Waals surface area contributed by atoms with E-state index in [-0.39, 0.29) is 21.7 Å². The highest BCUT2D eigenvalue weighted by Gasteiger charge is 2.32. The fourth-order valence-corrected chi connectivity index (χ4v) is 3.41. The van der Waals surface area contributed by atoms with Crippen LogP contribution < -0.4 is 10.6 Å². The number of fused-ring (bicyclic) bond motifs is 1. The van der Waals surface area contributed by atoms with Gasteiger partial charge in [-0.3, -0.25) is 0 Å².